The van der Waals surface area contributed by atoms with Crippen LogP contribution in [0.1, 0.15) is 18.4 Å². The summed E-state index contributed by atoms with van der Waals surface area (Å²) in [5.41, 5.74) is 1.01. The Hall–Kier alpha value is -2.10. The molecule has 0 atom stereocenters. The van der Waals surface area contributed by atoms with E-state index in [1.807, 2.05) is 36.4 Å². The van der Waals surface area contributed by atoms with Crippen molar-refractivity contribution in [1.82, 2.24) is 10.2 Å². The third kappa shape index (κ3) is 3.70. The fourth-order valence-corrected chi connectivity index (χ4v) is 2.40. The predicted molar refractivity (Wildman–Crippen MR) is 78.8 cm³/mol. The van der Waals surface area contributed by atoms with E-state index in [1.165, 1.54) is 0 Å². The molecular formula is C16H20N2O2. The van der Waals surface area contributed by atoms with Crippen LogP contribution in [-0.4, -0.2) is 36.9 Å². The highest BCUT2D eigenvalue weighted by Gasteiger charge is 2.25. The van der Waals surface area contributed by atoms with Gasteiger partial charge in [0.2, 0.25) is 11.8 Å². The standard InChI is InChI=1S/C16H20N2O2/c1-17-16(20)14-9-11-18(12-10-14)15(19)8-7-13-5-3-2-4-6-13/h2-8,14H,9-12H2,1H3,(H,17,20)/b8-7+. The third-order valence-corrected chi connectivity index (χ3v) is 3.64. The molecular weight excluding hydrogens is 252 g/mol. The number of benzene rings is 1. The first-order valence-electron chi connectivity index (χ1n) is 6.94. The number of carbonyl (C=O) groups is 2. The zero-order valence-electron chi connectivity index (χ0n) is 11.7. The first kappa shape index (κ1) is 14.3. The van der Waals surface area contributed by atoms with Gasteiger partial charge in [-0.25, -0.2) is 0 Å². The van der Waals surface area contributed by atoms with Gasteiger partial charge in [-0.1, -0.05) is 30.3 Å². The first-order valence-corrected chi connectivity index (χ1v) is 6.94. The Kier molecular flexibility index (Phi) is 4.93. The zero-order chi connectivity index (χ0) is 14.4. The van der Waals surface area contributed by atoms with Crippen LogP contribution in [-0.2, 0) is 9.59 Å². The fourth-order valence-electron chi connectivity index (χ4n) is 2.40. The summed E-state index contributed by atoms with van der Waals surface area (Å²) in [6, 6.07) is 9.75. The molecule has 0 spiro atoms. The number of carbonyl (C=O) groups excluding carboxylic acids is 2. The summed E-state index contributed by atoms with van der Waals surface area (Å²) < 4.78 is 0. The molecule has 1 fully saturated rings. The van der Waals surface area contributed by atoms with E-state index in [-0.39, 0.29) is 17.7 Å². The van der Waals surface area contributed by atoms with Crippen molar-refractivity contribution in [2.24, 2.45) is 5.92 Å². The maximum Gasteiger partial charge on any atom is 0.246 e. The minimum Gasteiger partial charge on any atom is -0.359 e. The molecule has 4 heteroatoms. The van der Waals surface area contributed by atoms with Crippen LogP contribution in [0.5, 0.6) is 0 Å². The van der Waals surface area contributed by atoms with Crippen LogP contribution in [0.25, 0.3) is 6.08 Å². The van der Waals surface area contributed by atoms with Gasteiger partial charge in [0.15, 0.2) is 0 Å². The molecule has 20 heavy (non-hydrogen) atoms. The van der Waals surface area contributed by atoms with E-state index in [9.17, 15) is 9.59 Å². The summed E-state index contributed by atoms with van der Waals surface area (Å²) in [6.45, 7) is 1.30. The Labute approximate surface area is 119 Å². The van der Waals surface area contributed by atoms with Gasteiger partial charge in [-0.05, 0) is 24.5 Å². The van der Waals surface area contributed by atoms with E-state index in [1.54, 1.807) is 18.0 Å². The van der Waals surface area contributed by atoms with Crippen molar-refractivity contribution in [3.63, 3.8) is 0 Å². The molecule has 1 N–H and O–H groups in total. The Bertz CT molecular complexity index is 488. The summed E-state index contributed by atoms with van der Waals surface area (Å²) >= 11 is 0. The van der Waals surface area contributed by atoms with Crippen LogP contribution in [0.2, 0.25) is 0 Å². The number of rotatable bonds is 3. The van der Waals surface area contributed by atoms with E-state index in [0.29, 0.717) is 13.1 Å². The lowest BCUT2D eigenvalue weighted by Crippen LogP contribution is -2.41. The molecule has 0 saturated carbocycles. The van der Waals surface area contributed by atoms with Crippen LogP contribution >= 0.6 is 0 Å². The van der Waals surface area contributed by atoms with Crippen LogP contribution in [0, 0.1) is 5.92 Å². The van der Waals surface area contributed by atoms with Gasteiger partial charge in [-0.15, -0.1) is 0 Å². The van der Waals surface area contributed by atoms with Gasteiger partial charge in [0, 0.05) is 32.1 Å². The van der Waals surface area contributed by atoms with E-state index in [2.05, 4.69) is 5.32 Å². The predicted octanol–water partition coefficient (Wildman–Crippen LogP) is 1.68. The van der Waals surface area contributed by atoms with Gasteiger partial charge < -0.3 is 10.2 Å². The Morgan fingerprint density at radius 2 is 1.85 bits per heavy atom. The zero-order valence-corrected chi connectivity index (χ0v) is 11.7. The highest BCUT2D eigenvalue weighted by atomic mass is 16.2. The van der Waals surface area contributed by atoms with Gasteiger partial charge >= 0.3 is 0 Å². The minimum absolute atomic E-state index is 0.0178. The maximum absolute atomic E-state index is 12.1. The highest BCUT2D eigenvalue weighted by molar-refractivity contribution is 5.92. The quantitative estimate of drug-likeness (QED) is 0.851. The third-order valence-electron chi connectivity index (χ3n) is 3.64. The molecule has 0 aliphatic carbocycles. The van der Waals surface area contributed by atoms with Crippen LogP contribution in [0.15, 0.2) is 36.4 Å². The summed E-state index contributed by atoms with van der Waals surface area (Å²) in [6.07, 6.45) is 4.91. The van der Waals surface area contributed by atoms with E-state index < -0.39 is 0 Å². The average Bonchev–Trinajstić information content (AvgIpc) is 2.53. The van der Waals surface area contributed by atoms with Crippen molar-refractivity contribution < 1.29 is 9.59 Å². The van der Waals surface area contributed by atoms with E-state index in [0.717, 1.165) is 18.4 Å². The molecule has 1 aliphatic rings. The molecule has 1 heterocycles. The lowest BCUT2D eigenvalue weighted by molar-refractivity contribution is -0.131. The molecule has 1 aromatic rings. The van der Waals surface area contributed by atoms with Crippen molar-refractivity contribution >= 4 is 17.9 Å². The maximum atomic E-state index is 12.1. The molecule has 0 unspecified atom stereocenters. The molecule has 1 aliphatic heterocycles. The number of nitrogens with one attached hydrogen (secondary N) is 1. The molecule has 1 aromatic carbocycles. The van der Waals surface area contributed by atoms with Gasteiger partial charge in [0.05, 0.1) is 0 Å². The van der Waals surface area contributed by atoms with Crippen LogP contribution < -0.4 is 5.32 Å². The smallest absolute Gasteiger partial charge is 0.246 e. The number of nitrogens with zero attached hydrogens (tertiary/aromatic N) is 1. The van der Waals surface area contributed by atoms with Crippen molar-refractivity contribution in [2.45, 2.75) is 12.8 Å². The van der Waals surface area contributed by atoms with Gasteiger partial charge in [0.1, 0.15) is 0 Å². The van der Waals surface area contributed by atoms with Crippen LogP contribution in [0.3, 0.4) is 0 Å². The van der Waals surface area contributed by atoms with Gasteiger partial charge in [-0.2, -0.15) is 0 Å². The van der Waals surface area contributed by atoms with E-state index >= 15 is 0 Å². The monoisotopic (exact) mass is 272 g/mol. The van der Waals surface area contributed by atoms with Crippen LogP contribution in [0.4, 0.5) is 0 Å². The minimum atomic E-state index is 0.0178. The number of hydrogen-bond donors (Lipinski definition) is 1. The normalized spacial score (nSPS) is 16.4. The number of amides is 2. The molecule has 0 bridgehead atoms. The molecule has 0 aromatic heterocycles. The number of likely N-dealkylation sites (tertiary alicyclic amines) is 1. The summed E-state index contributed by atoms with van der Waals surface area (Å²) in [4.78, 5) is 25.4. The van der Waals surface area contributed by atoms with E-state index in [4.69, 9.17) is 0 Å². The molecule has 0 radical (unpaired) electrons. The number of hydrogen-bond acceptors (Lipinski definition) is 2. The van der Waals surface area contributed by atoms with Crippen molar-refractivity contribution in [2.75, 3.05) is 20.1 Å². The summed E-state index contributed by atoms with van der Waals surface area (Å²) in [5.74, 6) is 0.142. The summed E-state index contributed by atoms with van der Waals surface area (Å²) in [7, 11) is 1.66. The lowest BCUT2D eigenvalue weighted by atomic mass is 9.96. The lowest BCUT2D eigenvalue weighted by Gasteiger charge is -2.30. The van der Waals surface area contributed by atoms with Gasteiger partial charge in [0.25, 0.3) is 0 Å². The second-order valence-electron chi connectivity index (χ2n) is 4.96. The molecule has 2 amide bonds. The highest BCUT2D eigenvalue weighted by Crippen LogP contribution is 2.17. The Morgan fingerprint density at radius 3 is 2.45 bits per heavy atom. The summed E-state index contributed by atoms with van der Waals surface area (Å²) in [5, 5.41) is 2.67. The average molecular weight is 272 g/mol. The fraction of sp³-hybridized carbons (Fsp3) is 0.375. The number of piperidine rings is 1. The largest absolute Gasteiger partial charge is 0.359 e. The van der Waals surface area contributed by atoms with Crippen molar-refractivity contribution in [1.29, 1.82) is 0 Å². The Balaban J connectivity index is 1.86. The topological polar surface area (TPSA) is 49.4 Å². The second kappa shape index (κ2) is 6.89. The van der Waals surface area contributed by atoms with Gasteiger partial charge in [-0.3, -0.25) is 9.59 Å². The first-order chi connectivity index (χ1) is 9.70. The Morgan fingerprint density at radius 1 is 1.20 bits per heavy atom. The molecule has 1 saturated heterocycles. The molecule has 4 nitrogen and oxygen atoms in total. The molecule has 2 rings (SSSR count). The van der Waals surface area contributed by atoms with Crippen molar-refractivity contribution in [3.05, 3.63) is 42.0 Å². The SMILES string of the molecule is CNC(=O)C1CCN(C(=O)/C=C/c2ccccc2)CC1. The second-order valence-corrected chi connectivity index (χ2v) is 4.96. The van der Waals surface area contributed by atoms with Crippen molar-refractivity contribution in [3.8, 4) is 0 Å². The molecule has 106 valence electrons.